The summed E-state index contributed by atoms with van der Waals surface area (Å²) < 4.78 is 0. The van der Waals surface area contributed by atoms with Crippen LogP contribution in [0.15, 0.2) is 6.08 Å². The summed E-state index contributed by atoms with van der Waals surface area (Å²) in [5, 5.41) is 0. The Morgan fingerprint density at radius 3 is 2.30 bits per heavy atom. The molecule has 0 spiro atoms. The normalized spacial score (nSPS) is 19.6. The van der Waals surface area contributed by atoms with Gasteiger partial charge in [0.2, 0.25) is 0 Å². The van der Waals surface area contributed by atoms with Gasteiger partial charge in [-0.1, -0.05) is 44.8 Å². The number of hydrogen-bond acceptors (Lipinski definition) is 0. The number of allylic oxidation sites excluding steroid dienone is 1. The molecule has 1 saturated carbocycles. The van der Waals surface area contributed by atoms with Gasteiger partial charge in [0, 0.05) is 0 Å². The predicted octanol–water partition coefficient (Wildman–Crippen LogP) is 2.03. The summed E-state index contributed by atoms with van der Waals surface area (Å²) >= 11 is 0. The van der Waals surface area contributed by atoms with Crippen molar-refractivity contribution in [3.8, 4) is 0 Å². The minimum atomic E-state index is 0. The molecule has 55 valence electrons. The van der Waals surface area contributed by atoms with Crippen LogP contribution in [-0.4, -0.2) is 23.1 Å². The molecular formula is C9H17Mg. The zero-order valence-corrected chi connectivity index (χ0v) is 5.97. The van der Waals surface area contributed by atoms with Gasteiger partial charge in [-0.2, -0.15) is 0 Å². The van der Waals surface area contributed by atoms with Crippen molar-refractivity contribution in [3.63, 3.8) is 0 Å². The maximum Gasteiger partial charge on any atom is 0.316 e. The van der Waals surface area contributed by atoms with E-state index >= 15 is 0 Å². The molecule has 0 atom stereocenters. The van der Waals surface area contributed by atoms with Crippen LogP contribution in [0, 0.1) is 12.5 Å². The lowest BCUT2D eigenvalue weighted by molar-refractivity contribution is 0.361. The van der Waals surface area contributed by atoms with E-state index in [4.69, 9.17) is 6.58 Å². The topological polar surface area (TPSA) is 0 Å². The maximum absolute atomic E-state index is 5.33. The fourth-order valence-corrected chi connectivity index (χ4v) is 1.62. The van der Waals surface area contributed by atoms with E-state index in [-0.39, 0.29) is 23.1 Å². The highest BCUT2D eigenvalue weighted by molar-refractivity contribution is 5.75. The van der Waals surface area contributed by atoms with Crippen molar-refractivity contribution in [2.75, 3.05) is 0 Å². The first-order valence-corrected chi connectivity index (χ1v) is 3.97. The van der Waals surface area contributed by atoms with Gasteiger partial charge in [0.05, 0.1) is 0 Å². The lowest BCUT2D eigenvalue weighted by atomic mass is 9.87. The van der Waals surface area contributed by atoms with Crippen molar-refractivity contribution in [1.82, 2.24) is 0 Å². The Morgan fingerprint density at radius 1 is 1.20 bits per heavy atom. The van der Waals surface area contributed by atoms with Gasteiger partial charge in [-0.25, -0.2) is 0 Å². The molecule has 1 heteroatoms. The molecule has 1 aliphatic rings. The van der Waals surface area contributed by atoms with Crippen molar-refractivity contribution in [2.24, 2.45) is 5.92 Å². The van der Waals surface area contributed by atoms with Gasteiger partial charge in [0.1, 0.15) is 0 Å². The van der Waals surface area contributed by atoms with Gasteiger partial charge < -0.3 is 0 Å². The molecule has 0 aromatic heterocycles. The summed E-state index contributed by atoms with van der Waals surface area (Å²) in [6.07, 6.45) is 10.1. The summed E-state index contributed by atoms with van der Waals surface area (Å²) in [5.41, 5.74) is 0. The van der Waals surface area contributed by atoms with Crippen molar-refractivity contribution in [1.29, 1.82) is 0 Å². The second-order valence-corrected chi connectivity index (χ2v) is 2.98. The molecule has 1 aliphatic carbocycles. The van der Waals surface area contributed by atoms with Crippen LogP contribution < -0.4 is 0 Å². The van der Waals surface area contributed by atoms with E-state index in [2.05, 4.69) is 0 Å². The molecule has 0 aromatic carbocycles. The van der Waals surface area contributed by atoms with Crippen molar-refractivity contribution in [3.05, 3.63) is 12.7 Å². The molecule has 0 saturated heterocycles. The van der Waals surface area contributed by atoms with E-state index < -0.39 is 0 Å². The molecule has 0 amide bonds. The quantitative estimate of drug-likeness (QED) is 0.527. The lowest BCUT2D eigenvalue weighted by Crippen LogP contribution is -2.04. The van der Waals surface area contributed by atoms with Gasteiger partial charge >= 0.3 is 23.1 Å². The fourth-order valence-electron chi connectivity index (χ4n) is 1.62. The average molecular weight is 150 g/mol. The molecule has 1 rings (SSSR count). The minimum Gasteiger partial charge on any atom is -0.0843 e. The number of hydrogen-bond donors (Lipinski definition) is 0. The Hall–Kier alpha value is 0.506. The SMILES string of the molecule is [CH]=CCC1CCCCC1.[MgH2]. The van der Waals surface area contributed by atoms with Crippen LogP contribution in [0.1, 0.15) is 38.5 Å². The summed E-state index contributed by atoms with van der Waals surface area (Å²) in [6.45, 7) is 5.33. The second kappa shape index (κ2) is 6.23. The van der Waals surface area contributed by atoms with E-state index in [0.717, 1.165) is 12.3 Å². The summed E-state index contributed by atoms with van der Waals surface area (Å²) in [4.78, 5) is 0. The largest absolute Gasteiger partial charge is 0.316 e. The van der Waals surface area contributed by atoms with Crippen molar-refractivity contribution in [2.45, 2.75) is 38.5 Å². The second-order valence-electron chi connectivity index (χ2n) is 2.98. The van der Waals surface area contributed by atoms with Crippen LogP contribution >= 0.6 is 0 Å². The first kappa shape index (κ1) is 10.5. The third-order valence-corrected chi connectivity index (χ3v) is 2.19. The molecule has 1 fully saturated rings. The minimum absolute atomic E-state index is 0. The Bertz CT molecular complexity index is 82.7. The molecule has 0 unspecified atom stereocenters. The zero-order valence-electron chi connectivity index (χ0n) is 5.97. The third kappa shape index (κ3) is 3.62. The Kier molecular flexibility index (Phi) is 6.55. The first-order valence-electron chi connectivity index (χ1n) is 3.97. The van der Waals surface area contributed by atoms with Gasteiger partial charge in [0.25, 0.3) is 0 Å². The maximum atomic E-state index is 5.33. The van der Waals surface area contributed by atoms with Gasteiger partial charge in [-0.05, 0) is 12.3 Å². The van der Waals surface area contributed by atoms with Crippen LogP contribution in [0.2, 0.25) is 0 Å². The molecule has 1 radical (unpaired) electrons. The summed E-state index contributed by atoms with van der Waals surface area (Å²) in [5.74, 6) is 0.920. The standard InChI is InChI=1S/C9H15.Mg.2H/c1-2-6-9-7-4-3-5-8-9;;;/h1-2,9H,3-8H2;;;. The Labute approximate surface area is 80.2 Å². The summed E-state index contributed by atoms with van der Waals surface area (Å²) in [6, 6.07) is 0. The Balaban J connectivity index is 0.000000810. The van der Waals surface area contributed by atoms with E-state index in [0.29, 0.717) is 0 Å². The molecule has 0 N–H and O–H groups in total. The average Bonchev–Trinajstić information content (AvgIpc) is 1.91. The third-order valence-electron chi connectivity index (χ3n) is 2.19. The molecular weight excluding hydrogens is 132 g/mol. The van der Waals surface area contributed by atoms with E-state index in [1.165, 1.54) is 32.1 Å². The smallest absolute Gasteiger partial charge is 0.0843 e. The predicted molar refractivity (Wildman–Crippen MR) is 48.6 cm³/mol. The summed E-state index contributed by atoms with van der Waals surface area (Å²) in [7, 11) is 0. The highest BCUT2D eigenvalue weighted by Crippen LogP contribution is 2.25. The van der Waals surface area contributed by atoms with Gasteiger partial charge in [-0.15, -0.1) is 0 Å². The fraction of sp³-hybridized carbons (Fsp3) is 0.778. The zero-order chi connectivity index (χ0) is 6.53. The first-order chi connectivity index (χ1) is 4.43. The van der Waals surface area contributed by atoms with E-state index in [9.17, 15) is 0 Å². The number of rotatable bonds is 2. The highest BCUT2D eigenvalue weighted by Gasteiger charge is 2.10. The lowest BCUT2D eigenvalue weighted by Gasteiger charge is -2.19. The van der Waals surface area contributed by atoms with Crippen LogP contribution in [-0.2, 0) is 0 Å². The van der Waals surface area contributed by atoms with E-state index in [1.54, 1.807) is 0 Å². The molecule has 0 aromatic rings. The van der Waals surface area contributed by atoms with E-state index in [1.807, 2.05) is 6.08 Å². The van der Waals surface area contributed by atoms with Crippen molar-refractivity contribution < 1.29 is 0 Å². The molecule has 0 heterocycles. The molecule has 0 aliphatic heterocycles. The van der Waals surface area contributed by atoms with Crippen LogP contribution in [0.5, 0.6) is 0 Å². The van der Waals surface area contributed by atoms with Gasteiger partial charge in [0.15, 0.2) is 0 Å². The van der Waals surface area contributed by atoms with Crippen LogP contribution in [0.4, 0.5) is 0 Å². The monoisotopic (exact) mass is 149 g/mol. The Morgan fingerprint density at radius 2 is 1.80 bits per heavy atom. The highest BCUT2D eigenvalue weighted by atomic mass is 24.3. The molecule has 0 nitrogen and oxygen atoms in total. The van der Waals surface area contributed by atoms with Crippen LogP contribution in [0.3, 0.4) is 0 Å². The van der Waals surface area contributed by atoms with Crippen molar-refractivity contribution >= 4 is 23.1 Å². The van der Waals surface area contributed by atoms with Gasteiger partial charge in [-0.3, -0.25) is 0 Å². The molecule has 0 bridgehead atoms. The van der Waals surface area contributed by atoms with Crippen LogP contribution in [0.25, 0.3) is 0 Å². The molecule has 10 heavy (non-hydrogen) atoms.